The van der Waals surface area contributed by atoms with Crippen LogP contribution in [0.2, 0.25) is 0 Å². The van der Waals surface area contributed by atoms with Crippen molar-refractivity contribution in [1.82, 2.24) is 9.97 Å². The van der Waals surface area contributed by atoms with E-state index in [2.05, 4.69) is 9.97 Å². The molecule has 0 saturated heterocycles. The first kappa shape index (κ1) is 10.2. The first-order valence-corrected chi connectivity index (χ1v) is 4.48. The zero-order valence-corrected chi connectivity index (χ0v) is 8.35. The zero-order valence-electron chi connectivity index (χ0n) is 8.35. The van der Waals surface area contributed by atoms with Crippen LogP contribution in [0.4, 0.5) is 0 Å². The Labute approximate surface area is 89.6 Å². The first-order valence-electron chi connectivity index (χ1n) is 4.48. The van der Waals surface area contributed by atoms with E-state index >= 15 is 0 Å². The second-order valence-corrected chi connectivity index (χ2v) is 3.20. The summed E-state index contributed by atoms with van der Waals surface area (Å²) in [6.45, 7) is 1.75. The summed E-state index contributed by atoms with van der Waals surface area (Å²) in [6, 6.07) is 4.61. The number of hydrogen-bond donors (Lipinski definition) is 2. The minimum Gasteiger partial charge on any atom is -0.477 e. The molecule has 2 aromatic heterocycles. The molecule has 0 fully saturated rings. The van der Waals surface area contributed by atoms with Gasteiger partial charge in [-0.15, -0.1) is 0 Å². The van der Waals surface area contributed by atoms with E-state index in [1.807, 2.05) is 0 Å². The van der Waals surface area contributed by atoms with E-state index in [9.17, 15) is 9.59 Å². The zero-order chi connectivity index (χ0) is 11.7. The van der Waals surface area contributed by atoms with Crippen LogP contribution in [0.15, 0.2) is 27.4 Å². The van der Waals surface area contributed by atoms with Gasteiger partial charge < -0.3 is 14.5 Å². The van der Waals surface area contributed by atoms with Crippen LogP contribution in [0.25, 0.3) is 11.5 Å². The molecule has 6 nitrogen and oxygen atoms in total. The summed E-state index contributed by atoms with van der Waals surface area (Å²) in [5.41, 5.74) is -0.734. The molecule has 0 amide bonds. The molecular weight excluding hydrogens is 212 g/mol. The molecule has 0 aliphatic carbocycles. The monoisotopic (exact) mass is 220 g/mol. The highest BCUT2D eigenvalue weighted by Crippen LogP contribution is 2.18. The van der Waals surface area contributed by atoms with Crippen LogP contribution in [0.5, 0.6) is 0 Å². The van der Waals surface area contributed by atoms with E-state index in [4.69, 9.17) is 9.52 Å². The van der Waals surface area contributed by atoms with Gasteiger partial charge in [0.25, 0.3) is 0 Å². The van der Waals surface area contributed by atoms with Crippen molar-refractivity contribution in [2.24, 2.45) is 0 Å². The molecule has 0 aliphatic rings. The van der Waals surface area contributed by atoms with Crippen LogP contribution in [0.1, 0.15) is 16.2 Å². The second kappa shape index (κ2) is 3.65. The van der Waals surface area contributed by atoms with Crippen LogP contribution in [0.3, 0.4) is 0 Å². The van der Waals surface area contributed by atoms with E-state index in [1.54, 1.807) is 19.1 Å². The highest BCUT2D eigenvalue weighted by Gasteiger charge is 2.11. The number of aromatic nitrogens is 2. The highest BCUT2D eigenvalue weighted by molar-refractivity contribution is 5.86. The minimum atomic E-state index is -1.25. The Balaban J connectivity index is 2.57. The van der Waals surface area contributed by atoms with E-state index in [-0.39, 0.29) is 5.69 Å². The van der Waals surface area contributed by atoms with Crippen molar-refractivity contribution in [1.29, 1.82) is 0 Å². The molecule has 0 aromatic carbocycles. The van der Waals surface area contributed by atoms with Gasteiger partial charge in [0.1, 0.15) is 5.76 Å². The van der Waals surface area contributed by atoms with Gasteiger partial charge in [0.15, 0.2) is 11.5 Å². The van der Waals surface area contributed by atoms with Crippen molar-refractivity contribution in [2.45, 2.75) is 6.92 Å². The molecule has 0 saturated carbocycles. The Kier molecular flexibility index (Phi) is 2.32. The Morgan fingerprint density at radius 2 is 2.25 bits per heavy atom. The maximum absolute atomic E-state index is 11.1. The minimum absolute atomic E-state index is 0.297. The van der Waals surface area contributed by atoms with Crippen LogP contribution in [0, 0.1) is 6.92 Å². The SMILES string of the molecule is Cc1ccc(-c2cc(C(=O)O)nc(=O)[nH]2)o1. The fourth-order valence-corrected chi connectivity index (χ4v) is 1.28. The normalized spacial score (nSPS) is 10.3. The van der Waals surface area contributed by atoms with Gasteiger partial charge in [0.05, 0.1) is 5.69 Å². The highest BCUT2D eigenvalue weighted by atomic mass is 16.4. The Hall–Kier alpha value is -2.37. The quantitative estimate of drug-likeness (QED) is 0.788. The molecule has 0 atom stereocenters. The molecule has 82 valence electrons. The molecule has 2 N–H and O–H groups in total. The second-order valence-electron chi connectivity index (χ2n) is 3.20. The predicted molar refractivity (Wildman–Crippen MR) is 54.3 cm³/mol. The summed E-state index contributed by atoms with van der Waals surface area (Å²) in [7, 11) is 0. The summed E-state index contributed by atoms with van der Waals surface area (Å²) in [6.07, 6.45) is 0. The average molecular weight is 220 g/mol. The maximum Gasteiger partial charge on any atom is 0.354 e. The largest absolute Gasteiger partial charge is 0.477 e. The van der Waals surface area contributed by atoms with Gasteiger partial charge in [-0.2, -0.15) is 4.98 Å². The number of nitrogens with one attached hydrogen (secondary N) is 1. The van der Waals surface area contributed by atoms with Crippen LogP contribution in [-0.4, -0.2) is 21.0 Å². The van der Waals surface area contributed by atoms with Gasteiger partial charge in [-0.05, 0) is 25.1 Å². The lowest BCUT2D eigenvalue weighted by Crippen LogP contribution is -2.16. The number of carboxylic acid groups (broad SMARTS) is 1. The van der Waals surface area contributed by atoms with Crippen molar-refractivity contribution >= 4 is 5.97 Å². The number of carbonyl (C=O) groups is 1. The number of carboxylic acids is 1. The lowest BCUT2D eigenvalue weighted by molar-refractivity contribution is 0.0690. The van der Waals surface area contributed by atoms with Crippen molar-refractivity contribution < 1.29 is 14.3 Å². The topological polar surface area (TPSA) is 96.2 Å². The van der Waals surface area contributed by atoms with Crippen LogP contribution >= 0.6 is 0 Å². The number of aryl methyl sites for hydroxylation is 1. The summed E-state index contributed by atoms with van der Waals surface area (Å²) < 4.78 is 5.27. The van der Waals surface area contributed by atoms with Gasteiger partial charge in [0, 0.05) is 0 Å². The van der Waals surface area contributed by atoms with Crippen molar-refractivity contribution in [3.8, 4) is 11.5 Å². The molecule has 0 aliphatic heterocycles. The predicted octanol–water partition coefficient (Wildman–Crippen LogP) is 1.04. The molecule has 2 aromatic rings. The Morgan fingerprint density at radius 3 is 2.81 bits per heavy atom. The molecule has 0 unspecified atom stereocenters. The number of H-pyrrole nitrogens is 1. The molecular formula is C10H8N2O4. The summed E-state index contributed by atoms with van der Waals surface area (Å²) >= 11 is 0. The number of hydrogen-bond acceptors (Lipinski definition) is 4. The van der Waals surface area contributed by atoms with E-state index in [1.165, 1.54) is 6.07 Å². The summed E-state index contributed by atoms with van der Waals surface area (Å²) in [4.78, 5) is 27.5. The van der Waals surface area contributed by atoms with Gasteiger partial charge >= 0.3 is 11.7 Å². The number of rotatable bonds is 2. The van der Waals surface area contributed by atoms with Gasteiger partial charge in [-0.3, -0.25) is 0 Å². The Morgan fingerprint density at radius 1 is 1.50 bits per heavy atom. The van der Waals surface area contributed by atoms with Crippen molar-refractivity contribution in [3.05, 3.63) is 40.1 Å². The molecule has 2 rings (SSSR count). The third-order valence-electron chi connectivity index (χ3n) is 1.97. The van der Waals surface area contributed by atoms with Crippen LogP contribution < -0.4 is 5.69 Å². The van der Waals surface area contributed by atoms with E-state index < -0.39 is 11.7 Å². The van der Waals surface area contributed by atoms with E-state index in [0.29, 0.717) is 17.2 Å². The fraction of sp³-hybridized carbons (Fsp3) is 0.100. The molecule has 0 bridgehead atoms. The Bertz CT molecular complexity index is 597. The third-order valence-corrected chi connectivity index (χ3v) is 1.97. The summed E-state index contributed by atoms with van der Waals surface area (Å²) in [5, 5.41) is 8.74. The molecule has 2 heterocycles. The molecule has 6 heteroatoms. The van der Waals surface area contributed by atoms with Gasteiger partial charge in [-0.1, -0.05) is 0 Å². The maximum atomic E-state index is 11.1. The number of furan rings is 1. The lowest BCUT2D eigenvalue weighted by atomic mass is 10.2. The smallest absolute Gasteiger partial charge is 0.354 e. The summed E-state index contributed by atoms with van der Waals surface area (Å²) in [5.74, 6) is -0.181. The van der Waals surface area contributed by atoms with Gasteiger partial charge in [-0.25, -0.2) is 9.59 Å². The third kappa shape index (κ3) is 1.85. The first-order chi connectivity index (χ1) is 7.56. The lowest BCUT2D eigenvalue weighted by Gasteiger charge is -1.98. The average Bonchev–Trinajstić information content (AvgIpc) is 2.64. The number of aromatic amines is 1. The number of aromatic carboxylic acids is 1. The van der Waals surface area contributed by atoms with Crippen LogP contribution in [-0.2, 0) is 0 Å². The molecule has 16 heavy (non-hydrogen) atoms. The molecule has 0 radical (unpaired) electrons. The van der Waals surface area contributed by atoms with Crippen molar-refractivity contribution in [2.75, 3.05) is 0 Å². The fourth-order valence-electron chi connectivity index (χ4n) is 1.28. The van der Waals surface area contributed by atoms with Gasteiger partial charge in [0.2, 0.25) is 0 Å². The number of nitrogens with zero attached hydrogens (tertiary/aromatic N) is 1. The standard InChI is InChI=1S/C10H8N2O4/c1-5-2-3-8(16-5)6-4-7(9(13)14)12-10(15)11-6/h2-4H,1H3,(H,13,14)(H,11,12,15). The molecule has 0 spiro atoms. The van der Waals surface area contributed by atoms with E-state index in [0.717, 1.165) is 0 Å². The van der Waals surface area contributed by atoms with Crippen molar-refractivity contribution in [3.63, 3.8) is 0 Å².